The molecule has 0 spiro atoms. The average molecular weight is 261 g/mol. The van der Waals surface area contributed by atoms with Gasteiger partial charge in [-0.3, -0.25) is 4.98 Å². The number of piperidine rings is 1. The van der Waals surface area contributed by atoms with Crippen LogP contribution in [0.5, 0.6) is 0 Å². The largest absolute Gasteiger partial charge is 0.393 e. The highest BCUT2D eigenvalue weighted by atomic mass is 16.3. The normalized spacial score (nSPS) is 31.5. The predicted molar refractivity (Wildman–Crippen MR) is 76.2 cm³/mol. The summed E-state index contributed by atoms with van der Waals surface area (Å²) >= 11 is 0. The summed E-state index contributed by atoms with van der Waals surface area (Å²) in [7, 11) is 1.95. The Morgan fingerprint density at radius 1 is 1.32 bits per heavy atom. The van der Waals surface area contributed by atoms with Gasteiger partial charge in [-0.15, -0.1) is 0 Å². The van der Waals surface area contributed by atoms with Gasteiger partial charge in [0.2, 0.25) is 0 Å². The van der Waals surface area contributed by atoms with Crippen LogP contribution in [0, 0.1) is 0 Å². The van der Waals surface area contributed by atoms with Crippen LogP contribution in [0.1, 0.15) is 44.3 Å². The van der Waals surface area contributed by atoms with Crippen molar-refractivity contribution in [3.63, 3.8) is 0 Å². The van der Waals surface area contributed by atoms with Crippen LogP contribution < -0.4 is 10.2 Å². The maximum atomic E-state index is 9.85. The minimum Gasteiger partial charge on any atom is -0.393 e. The summed E-state index contributed by atoms with van der Waals surface area (Å²) in [5.41, 5.74) is 2.29. The first kappa shape index (κ1) is 12.9. The fourth-order valence-electron chi connectivity index (χ4n) is 3.52. The molecule has 0 amide bonds. The second-order valence-corrected chi connectivity index (χ2v) is 5.87. The lowest BCUT2D eigenvalue weighted by Gasteiger charge is -2.38. The molecule has 0 aromatic carbocycles. The van der Waals surface area contributed by atoms with Crippen molar-refractivity contribution in [1.29, 1.82) is 0 Å². The molecule has 2 fully saturated rings. The molecule has 3 rings (SSSR count). The number of aromatic nitrogens is 1. The van der Waals surface area contributed by atoms with Gasteiger partial charge < -0.3 is 15.3 Å². The molecule has 4 nitrogen and oxygen atoms in total. The van der Waals surface area contributed by atoms with E-state index in [9.17, 15) is 5.11 Å². The molecule has 4 heteroatoms. The van der Waals surface area contributed by atoms with E-state index >= 15 is 0 Å². The number of rotatable bonds is 3. The van der Waals surface area contributed by atoms with E-state index in [1.165, 1.54) is 18.5 Å². The maximum Gasteiger partial charge on any atom is 0.0579 e. The fraction of sp³-hybridized carbons (Fsp3) is 0.667. The van der Waals surface area contributed by atoms with E-state index < -0.39 is 0 Å². The smallest absolute Gasteiger partial charge is 0.0579 e. The molecule has 1 aromatic heterocycles. The minimum atomic E-state index is -0.106. The third-order valence-corrected chi connectivity index (χ3v) is 4.65. The van der Waals surface area contributed by atoms with Gasteiger partial charge in [0, 0.05) is 18.1 Å². The number of hydrogen-bond donors (Lipinski definition) is 2. The van der Waals surface area contributed by atoms with Gasteiger partial charge in [0.1, 0.15) is 0 Å². The maximum absolute atomic E-state index is 9.85. The van der Waals surface area contributed by atoms with E-state index in [1.807, 2.05) is 13.2 Å². The molecule has 1 aromatic rings. The Balaban J connectivity index is 1.80. The third-order valence-electron chi connectivity index (χ3n) is 4.65. The Morgan fingerprint density at radius 2 is 2.00 bits per heavy atom. The molecule has 3 unspecified atom stereocenters. The highest BCUT2D eigenvalue weighted by Crippen LogP contribution is 2.39. The summed E-state index contributed by atoms with van der Waals surface area (Å²) in [5.74, 6) is 0. The number of nitrogens with zero attached hydrogens (tertiary/aromatic N) is 2. The molecule has 2 aliphatic heterocycles. The lowest BCUT2D eigenvalue weighted by molar-refractivity contribution is 0.126. The number of aliphatic hydroxyl groups is 1. The average Bonchev–Trinajstić information content (AvgIpc) is 2.70. The lowest BCUT2D eigenvalue weighted by atomic mass is 9.99. The van der Waals surface area contributed by atoms with E-state index in [1.54, 1.807) is 0 Å². The van der Waals surface area contributed by atoms with E-state index in [2.05, 4.69) is 34.3 Å². The van der Waals surface area contributed by atoms with Gasteiger partial charge in [-0.25, -0.2) is 0 Å². The molecular formula is C15H23N3O. The number of hydrogen-bond acceptors (Lipinski definition) is 4. The lowest BCUT2D eigenvalue weighted by Crippen LogP contribution is -2.44. The molecule has 19 heavy (non-hydrogen) atoms. The van der Waals surface area contributed by atoms with Crippen molar-refractivity contribution in [2.45, 2.75) is 56.8 Å². The molecule has 2 bridgehead atoms. The summed E-state index contributed by atoms with van der Waals surface area (Å²) < 4.78 is 0. The van der Waals surface area contributed by atoms with Crippen LogP contribution >= 0.6 is 0 Å². The Morgan fingerprint density at radius 3 is 2.53 bits per heavy atom. The molecular weight excluding hydrogens is 238 g/mol. The summed E-state index contributed by atoms with van der Waals surface area (Å²) in [5, 5.41) is 13.1. The van der Waals surface area contributed by atoms with E-state index in [0.717, 1.165) is 18.5 Å². The summed E-state index contributed by atoms with van der Waals surface area (Å²) in [4.78, 5) is 7.05. The van der Waals surface area contributed by atoms with Gasteiger partial charge in [0.05, 0.1) is 23.7 Å². The number of fused-ring (bicyclic) bond motifs is 2. The van der Waals surface area contributed by atoms with Crippen molar-refractivity contribution >= 4 is 5.69 Å². The number of aliphatic hydroxyl groups excluding tert-OH is 1. The molecule has 0 aliphatic carbocycles. The number of pyridine rings is 1. The second-order valence-electron chi connectivity index (χ2n) is 5.87. The monoisotopic (exact) mass is 261 g/mol. The molecule has 2 aliphatic rings. The zero-order valence-electron chi connectivity index (χ0n) is 11.7. The van der Waals surface area contributed by atoms with Crippen LogP contribution in [-0.4, -0.2) is 35.3 Å². The zero-order valence-corrected chi connectivity index (χ0v) is 11.7. The van der Waals surface area contributed by atoms with E-state index in [0.29, 0.717) is 12.1 Å². The predicted octanol–water partition coefficient (Wildman–Crippen LogP) is 1.85. The molecule has 2 N–H and O–H groups in total. The van der Waals surface area contributed by atoms with Crippen LogP contribution in [0.2, 0.25) is 0 Å². The van der Waals surface area contributed by atoms with Crippen LogP contribution in [0.25, 0.3) is 0 Å². The van der Waals surface area contributed by atoms with Gasteiger partial charge in [-0.05, 0) is 51.8 Å². The van der Waals surface area contributed by atoms with Crippen molar-refractivity contribution in [3.05, 3.63) is 24.0 Å². The van der Waals surface area contributed by atoms with Crippen LogP contribution in [0.15, 0.2) is 18.3 Å². The molecule has 104 valence electrons. The minimum absolute atomic E-state index is 0.106. The highest BCUT2D eigenvalue weighted by Gasteiger charge is 2.40. The summed E-state index contributed by atoms with van der Waals surface area (Å²) in [6, 6.07) is 5.58. The molecule has 3 atom stereocenters. The first-order chi connectivity index (χ1) is 9.19. The van der Waals surface area contributed by atoms with E-state index in [4.69, 9.17) is 0 Å². The molecule has 2 saturated heterocycles. The zero-order chi connectivity index (χ0) is 13.4. The van der Waals surface area contributed by atoms with Gasteiger partial charge in [0.25, 0.3) is 0 Å². The molecule has 3 heterocycles. The van der Waals surface area contributed by atoms with Crippen molar-refractivity contribution < 1.29 is 5.11 Å². The van der Waals surface area contributed by atoms with Crippen LogP contribution in [0.4, 0.5) is 5.69 Å². The number of nitrogens with one attached hydrogen (secondary N) is 1. The molecule has 0 radical (unpaired) electrons. The standard InChI is InChI=1S/C15H23N3O/c1-10(16-2)15-6-5-13(9-17-15)18-11-3-4-12(18)8-14(19)7-11/h5-6,9-12,14,16,19H,3-4,7-8H2,1-2H3. The Hall–Kier alpha value is -1.13. The number of anilines is 1. The fourth-order valence-corrected chi connectivity index (χ4v) is 3.52. The van der Waals surface area contributed by atoms with Crippen molar-refractivity contribution in [2.75, 3.05) is 11.9 Å². The van der Waals surface area contributed by atoms with Gasteiger partial charge in [0.15, 0.2) is 0 Å². The van der Waals surface area contributed by atoms with Crippen LogP contribution in [0.3, 0.4) is 0 Å². The van der Waals surface area contributed by atoms with Gasteiger partial charge in [-0.1, -0.05) is 0 Å². The topological polar surface area (TPSA) is 48.4 Å². The molecule has 0 saturated carbocycles. The summed E-state index contributed by atoms with van der Waals surface area (Å²) in [6.07, 6.45) is 6.11. The van der Waals surface area contributed by atoms with Crippen molar-refractivity contribution in [3.8, 4) is 0 Å². The van der Waals surface area contributed by atoms with Crippen LogP contribution in [-0.2, 0) is 0 Å². The highest BCUT2D eigenvalue weighted by molar-refractivity contribution is 5.49. The Labute approximate surface area is 114 Å². The Kier molecular flexibility index (Phi) is 3.46. The SMILES string of the molecule is CNC(C)c1ccc(N2C3CCC2CC(O)C3)cn1. The first-order valence-electron chi connectivity index (χ1n) is 7.28. The quantitative estimate of drug-likeness (QED) is 0.872. The first-order valence-corrected chi connectivity index (χ1v) is 7.28. The summed E-state index contributed by atoms with van der Waals surface area (Å²) in [6.45, 7) is 2.11. The van der Waals surface area contributed by atoms with Gasteiger partial charge in [-0.2, -0.15) is 0 Å². The Bertz CT molecular complexity index is 420. The third kappa shape index (κ3) is 2.35. The van der Waals surface area contributed by atoms with Crippen molar-refractivity contribution in [1.82, 2.24) is 10.3 Å². The van der Waals surface area contributed by atoms with Gasteiger partial charge >= 0.3 is 0 Å². The second kappa shape index (κ2) is 5.10. The van der Waals surface area contributed by atoms with Crippen molar-refractivity contribution in [2.24, 2.45) is 0 Å². The van der Waals surface area contributed by atoms with E-state index in [-0.39, 0.29) is 12.1 Å².